The van der Waals surface area contributed by atoms with E-state index in [2.05, 4.69) is 10.1 Å². The molecule has 0 bridgehead atoms. The van der Waals surface area contributed by atoms with Crippen molar-refractivity contribution in [2.45, 2.75) is 6.42 Å². The fourth-order valence-corrected chi connectivity index (χ4v) is 2.48. The average Bonchev–Trinajstić information content (AvgIpc) is 2.84. The van der Waals surface area contributed by atoms with E-state index in [0.29, 0.717) is 12.0 Å². The average molecular weight is 281 g/mol. The van der Waals surface area contributed by atoms with Gasteiger partial charge < -0.3 is 4.74 Å². The second-order valence-corrected chi connectivity index (χ2v) is 4.79. The van der Waals surface area contributed by atoms with Crippen molar-refractivity contribution in [3.8, 4) is 0 Å². The van der Waals surface area contributed by atoms with E-state index < -0.39 is 0 Å². The Hall–Kier alpha value is -2.69. The molecule has 5 nitrogen and oxygen atoms in total. The summed E-state index contributed by atoms with van der Waals surface area (Å²) in [4.78, 5) is 15.9. The van der Waals surface area contributed by atoms with Gasteiger partial charge in [-0.15, -0.1) is 0 Å². The minimum absolute atomic E-state index is 0.354. The third-order valence-corrected chi connectivity index (χ3v) is 3.50. The topological polar surface area (TPSA) is 57.0 Å². The number of methoxy groups -OCH3 is 1. The predicted octanol–water partition coefficient (Wildman–Crippen LogP) is 2.35. The van der Waals surface area contributed by atoms with Gasteiger partial charge in [0.05, 0.1) is 23.9 Å². The van der Waals surface area contributed by atoms with Gasteiger partial charge in [-0.2, -0.15) is 5.10 Å². The first-order chi connectivity index (χ1) is 10.2. The van der Waals surface area contributed by atoms with Crippen LogP contribution in [0, 0.1) is 0 Å². The van der Waals surface area contributed by atoms with Gasteiger partial charge in [-0.05, 0) is 17.7 Å². The van der Waals surface area contributed by atoms with E-state index in [1.54, 1.807) is 18.5 Å². The van der Waals surface area contributed by atoms with Gasteiger partial charge in [0.15, 0.2) is 0 Å². The van der Waals surface area contributed by atoms with Crippen molar-refractivity contribution >= 4 is 16.9 Å². The van der Waals surface area contributed by atoms with Crippen LogP contribution in [0.5, 0.6) is 0 Å². The lowest BCUT2D eigenvalue weighted by Crippen LogP contribution is -2.07. The summed E-state index contributed by atoms with van der Waals surface area (Å²) in [5, 5.41) is 5.63. The number of benzene rings is 1. The molecule has 0 fully saturated rings. The van der Waals surface area contributed by atoms with Crippen LogP contribution in [0.2, 0.25) is 0 Å². The van der Waals surface area contributed by atoms with Gasteiger partial charge in [-0.3, -0.25) is 9.67 Å². The van der Waals surface area contributed by atoms with Crippen LogP contribution in [0.25, 0.3) is 10.9 Å². The van der Waals surface area contributed by atoms with Gasteiger partial charge in [0.25, 0.3) is 0 Å². The van der Waals surface area contributed by atoms with Crippen LogP contribution in [0.1, 0.15) is 21.6 Å². The molecule has 0 amide bonds. The molecule has 2 heterocycles. The quantitative estimate of drug-likeness (QED) is 0.691. The van der Waals surface area contributed by atoms with E-state index in [0.717, 1.165) is 22.2 Å². The zero-order valence-corrected chi connectivity index (χ0v) is 11.9. The third-order valence-electron chi connectivity index (χ3n) is 3.50. The molecule has 2 aromatic heterocycles. The highest BCUT2D eigenvalue weighted by molar-refractivity contribution is 5.91. The summed E-state index contributed by atoms with van der Waals surface area (Å²) < 4.78 is 6.66. The van der Waals surface area contributed by atoms with Gasteiger partial charge >= 0.3 is 5.97 Å². The number of fused-ring (bicyclic) bond motifs is 1. The molecule has 21 heavy (non-hydrogen) atoms. The molecule has 3 rings (SSSR count). The van der Waals surface area contributed by atoms with Crippen LogP contribution in [0.3, 0.4) is 0 Å². The number of nitrogens with zero attached hydrogens (tertiary/aromatic N) is 3. The minimum Gasteiger partial charge on any atom is -0.465 e. The molecule has 0 aliphatic heterocycles. The molecule has 3 aromatic rings. The summed E-state index contributed by atoms with van der Waals surface area (Å²) in [5.41, 5.74) is 3.33. The minimum atomic E-state index is -0.354. The van der Waals surface area contributed by atoms with Crippen molar-refractivity contribution in [3.63, 3.8) is 0 Å². The van der Waals surface area contributed by atoms with Crippen molar-refractivity contribution in [1.82, 2.24) is 14.8 Å². The van der Waals surface area contributed by atoms with Gasteiger partial charge in [-0.25, -0.2) is 4.79 Å². The Morgan fingerprint density at radius 1 is 1.29 bits per heavy atom. The van der Waals surface area contributed by atoms with Gasteiger partial charge in [0, 0.05) is 31.2 Å². The molecule has 0 aliphatic rings. The van der Waals surface area contributed by atoms with Gasteiger partial charge in [0.1, 0.15) is 0 Å². The number of rotatable bonds is 3. The highest BCUT2D eigenvalue weighted by atomic mass is 16.5. The molecule has 0 aliphatic carbocycles. The molecule has 0 N–H and O–H groups in total. The summed E-state index contributed by atoms with van der Waals surface area (Å²) >= 11 is 0. The monoisotopic (exact) mass is 281 g/mol. The second-order valence-electron chi connectivity index (χ2n) is 4.79. The van der Waals surface area contributed by atoms with Gasteiger partial charge in [-0.1, -0.05) is 18.2 Å². The Balaban J connectivity index is 2.05. The zero-order chi connectivity index (χ0) is 14.8. The number of aromatic nitrogens is 3. The Morgan fingerprint density at radius 3 is 2.90 bits per heavy atom. The second kappa shape index (κ2) is 5.36. The molecule has 0 radical (unpaired) electrons. The predicted molar refractivity (Wildman–Crippen MR) is 79.1 cm³/mol. The van der Waals surface area contributed by atoms with Crippen molar-refractivity contribution in [2.24, 2.45) is 7.05 Å². The third kappa shape index (κ3) is 2.38. The number of pyridine rings is 1. The Labute approximate surface area is 122 Å². The molecule has 1 aromatic carbocycles. The van der Waals surface area contributed by atoms with Crippen LogP contribution in [-0.4, -0.2) is 27.8 Å². The highest BCUT2D eigenvalue weighted by Crippen LogP contribution is 2.21. The summed E-state index contributed by atoms with van der Waals surface area (Å²) in [6.07, 6.45) is 3.82. The van der Waals surface area contributed by atoms with E-state index in [-0.39, 0.29) is 5.97 Å². The molecule has 0 spiro atoms. The molecular formula is C16H15N3O2. The Bertz CT molecular complexity index is 808. The first kappa shape index (κ1) is 13.3. The van der Waals surface area contributed by atoms with Crippen LogP contribution in [-0.2, 0) is 18.2 Å². The van der Waals surface area contributed by atoms with E-state index >= 15 is 0 Å². The molecular weight excluding hydrogens is 266 g/mol. The van der Waals surface area contributed by atoms with Gasteiger partial charge in [0.2, 0.25) is 0 Å². The standard InChI is InChI=1S/C16H15N3O2/c1-19-15-6-4-3-5-13(15)14(18-19)9-11-10-17-8-7-12(11)16(20)21-2/h3-8,10H,9H2,1-2H3. The first-order valence-corrected chi connectivity index (χ1v) is 6.62. The summed E-state index contributed by atoms with van der Waals surface area (Å²) in [6, 6.07) is 9.70. The Morgan fingerprint density at radius 2 is 2.10 bits per heavy atom. The SMILES string of the molecule is COC(=O)c1ccncc1Cc1nn(C)c2ccccc12. The number of hydrogen-bond acceptors (Lipinski definition) is 4. The number of esters is 1. The number of aryl methyl sites for hydroxylation is 1. The smallest absolute Gasteiger partial charge is 0.338 e. The summed E-state index contributed by atoms with van der Waals surface area (Å²) in [6.45, 7) is 0. The maximum atomic E-state index is 11.8. The number of ether oxygens (including phenoxy) is 1. The molecule has 0 saturated heterocycles. The lowest BCUT2D eigenvalue weighted by Gasteiger charge is -2.05. The first-order valence-electron chi connectivity index (χ1n) is 6.62. The highest BCUT2D eigenvalue weighted by Gasteiger charge is 2.15. The maximum Gasteiger partial charge on any atom is 0.338 e. The van der Waals surface area contributed by atoms with Crippen LogP contribution >= 0.6 is 0 Å². The van der Waals surface area contributed by atoms with Crippen molar-refractivity contribution in [3.05, 3.63) is 59.5 Å². The number of carbonyl (C=O) groups excluding carboxylic acids is 1. The lowest BCUT2D eigenvalue weighted by atomic mass is 10.0. The number of para-hydroxylation sites is 1. The van der Waals surface area contributed by atoms with Crippen molar-refractivity contribution < 1.29 is 9.53 Å². The largest absolute Gasteiger partial charge is 0.465 e. The van der Waals surface area contributed by atoms with Crippen LogP contribution < -0.4 is 0 Å². The van der Waals surface area contributed by atoms with Crippen LogP contribution in [0.4, 0.5) is 0 Å². The van der Waals surface area contributed by atoms with Crippen molar-refractivity contribution in [2.75, 3.05) is 7.11 Å². The van der Waals surface area contributed by atoms with E-state index in [1.165, 1.54) is 7.11 Å². The summed E-state index contributed by atoms with van der Waals surface area (Å²) in [7, 11) is 3.29. The number of hydrogen-bond donors (Lipinski definition) is 0. The van der Waals surface area contributed by atoms with Crippen molar-refractivity contribution in [1.29, 1.82) is 0 Å². The molecule has 0 atom stereocenters. The molecule has 5 heteroatoms. The van der Waals surface area contributed by atoms with E-state index in [1.807, 2.05) is 36.0 Å². The van der Waals surface area contributed by atoms with E-state index in [9.17, 15) is 4.79 Å². The lowest BCUT2D eigenvalue weighted by molar-refractivity contribution is 0.0599. The van der Waals surface area contributed by atoms with E-state index in [4.69, 9.17) is 4.74 Å². The number of carbonyl (C=O) groups is 1. The molecule has 0 saturated carbocycles. The van der Waals surface area contributed by atoms with Crippen LogP contribution in [0.15, 0.2) is 42.7 Å². The fourth-order valence-electron chi connectivity index (χ4n) is 2.48. The fraction of sp³-hybridized carbons (Fsp3) is 0.188. The maximum absolute atomic E-state index is 11.8. The molecule has 0 unspecified atom stereocenters. The summed E-state index contributed by atoms with van der Waals surface area (Å²) in [5.74, 6) is -0.354. The Kier molecular flexibility index (Phi) is 3.39. The normalized spacial score (nSPS) is 10.8. The molecule has 106 valence electrons. The zero-order valence-electron chi connectivity index (χ0n) is 11.9.